The van der Waals surface area contributed by atoms with Crippen molar-refractivity contribution in [1.82, 2.24) is 10.3 Å². The number of aromatic nitrogens is 1. The fourth-order valence-corrected chi connectivity index (χ4v) is 1.62. The molecule has 4 heteroatoms. The van der Waals surface area contributed by atoms with Crippen LogP contribution in [0.15, 0.2) is 30.5 Å². The number of carbonyl (C=O) groups excluding carboxylic acids is 1. The van der Waals surface area contributed by atoms with E-state index in [2.05, 4.69) is 10.3 Å². The number of benzene rings is 1. The lowest BCUT2D eigenvalue weighted by molar-refractivity contribution is 0.0924. The second kappa shape index (κ2) is 4.37. The highest BCUT2D eigenvalue weighted by Crippen LogP contribution is 2.16. The van der Waals surface area contributed by atoms with Crippen molar-refractivity contribution in [3.8, 4) is 0 Å². The van der Waals surface area contributed by atoms with Crippen molar-refractivity contribution in [3.05, 3.63) is 36.0 Å². The Hall–Kier alpha value is -1.81. The quantitative estimate of drug-likeness (QED) is 0.726. The molecule has 1 heterocycles. The van der Waals surface area contributed by atoms with E-state index in [1.165, 1.54) is 0 Å². The van der Waals surface area contributed by atoms with Gasteiger partial charge < -0.3 is 15.4 Å². The number of para-hydroxylation sites is 1. The smallest absolute Gasteiger partial charge is 0.253 e. The molecule has 0 spiro atoms. The van der Waals surface area contributed by atoms with E-state index in [0.29, 0.717) is 5.56 Å². The van der Waals surface area contributed by atoms with Gasteiger partial charge in [0.2, 0.25) is 0 Å². The van der Waals surface area contributed by atoms with E-state index < -0.39 is 0 Å². The van der Waals surface area contributed by atoms with Crippen LogP contribution in [0.3, 0.4) is 0 Å². The van der Waals surface area contributed by atoms with Crippen LogP contribution >= 0.6 is 0 Å². The number of H-pyrrole nitrogens is 1. The van der Waals surface area contributed by atoms with Gasteiger partial charge in [0, 0.05) is 17.6 Å². The molecular weight excluding hydrogens is 204 g/mol. The van der Waals surface area contributed by atoms with E-state index >= 15 is 0 Å². The predicted molar refractivity (Wildman–Crippen MR) is 62.3 cm³/mol. The van der Waals surface area contributed by atoms with Crippen molar-refractivity contribution in [2.24, 2.45) is 0 Å². The van der Waals surface area contributed by atoms with Crippen LogP contribution in [0.25, 0.3) is 10.9 Å². The Balaban J connectivity index is 2.32. The first kappa shape index (κ1) is 10.7. The summed E-state index contributed by atoms with van der Waals surface area (Å²) in [5.41, 5.74) is 1.42. The number of hydrogen-bond acceptors (Lipinski definition) is 2. The fraction of sp³-hybridized carbons (Fsp3) is 0.250. The molecule has 1 unspecified atom stereocenters. The van der Waals surface area contributed by atoms with Crippen molar-refractivity contribution in [2.45, 2.75) is 13.0 Å². The number of aliphatic hydroxyl groups excluding tert-OH is 1. The van der Waals surface area contributed by atoms with E-state index in [9.17, 15) is 4.79 Å². The zero-order chi connectivity index (χ0) is 11.5. The average molecular weight is 218 g/mol. The van der Waals surface area contributed by atoms with Gasteiger partial charge in [0.05, 0.1) is 17.7 Å². The molecule has 2 rings (SSSR count). The molecule has 84 valence electrons. The van der Waals surface area contributed by atoms with Gasteiger partial charge in [0.25, 0.3) is 5.91 Å². The molecule has 0 radical (unpaired) electrons. The van der Waals surface area contributed by atoms with Crippen LogP contribution in [-0.2, 0) is 0 Å². The zero-order valence-electron chi connectivity index (χ0n) is 9.03. The van der Waals surface area contributed by atoms with Crippen molar-refractivity contribution in [1.29, 1.82) is 0 Å². The van der Waals surface area contributed by atoms with Gasteiger partial charge in [0.1, 0.15) is 0 Å². The van der Waals surface area contributed by atoms with Crippen molar-refractivity contribution >= 4 is 16.8 Å². The third-order valence-corrected chi connectivity index (χ3v) is 2.48. The average Bonchev–Trinajstić information content (AvgIpc) is 2.76. The first-order valence-electron chi connectivity index (χ1n) is 5.20. The summed E-state index contributed by atoms with van der Waals surface area (Å²) < 4.78 is 0. The summed E-state index contributed by atoms with van der Waals surface area (Å²) in [6, 6.07) is 7.23. The Bertz CT molecular complexity index is 504. The summed E-state index contributed by atoms with van der Waals surface area (Å²) in [5.74, 6) is -0.172. The molecule has 0 aliphatic heterocycles. The molecule has 1 amide bonds. The zero-order valence-corrected chi connectivity index (χ0v) is 9.03. The Morgan fingerprint density at radius 2 is 2.31 bits per heavy atom. The van der Waals surface area contributed by atoms with E-state index in [-0.39, 0.29) is 18.6 Å². The number of fused-ring (bicyclic) bond motifs is 1. The van der Waals surface area contributed by atoms with E-state index in [0.717, 1.165) is 10.9 Å². The van der Waals surface area contributed by atoms with E-state index in [1.807, 2.05) is 18.2 Å². The van der Waals surface area contributed by atoms with Gasteiger partial charge in [0.15, 0.2) is 0 Å². The fourth-order valence-electron chi connectivity index (χ4n) is 1.62. The van der Waals surface area contributed by atoms with Crippen LogP contribution in [0, 0.1) is 0 Å². The number of rotatable bonds is 3. The van der Waals surface area contributed by atoms with Crippen LogP contribution in [-0.4, -0.2) is 28.6 Å². The van der Waals surface area contributed by atoms with E-state index in [4.69, 9.17) is 5.11 Å². The monoisotopic (exact) mass is 218 g/mol. The summed E-state index contributed by atoms with van der Waals surface area (Å²) in [5, 5.41) is 12.6. The van der Waals surface area contributed by atoms with Crippen molar-refractivity contribution in [3.63, 3.8) is 0 Å². The number of aliphatic hydroxyl groups is 1. The molecule has 0 fully saturated rings. The van der Waals surface area contributed by atoms with Gasteiger partial charge in [-0.25, -0.2) is 0 Å². The van der Waals surface area contributed by atoms with Crippen LogP contribution in [0.5, 0.6) is 0 Å². The number of nitrogens with one attached hydrogen (secondary N) is 2. The van der Waals surface area contributed by atoms with Gasteiger partial charge in [-0.05, 0) is 19.1 Å². The lowest BCUT2D eigenvalue weighted by atomic mass is 10.1. The predicted octanol–water partition coefficient (Wildman–Crippen LogP) is 1.28. The first-order chi connectivity index (χ1) is 7.72. The van der Waals surface area contributed by atoms with Gasteiger partial charge in [-0.15, -0.1) is 0 Å². The lowest BCUT2D eigenvalue weighted by Crippen LogP contribution is -2.35. The summed E-state index contributed by atoms with van der Waals surface area (Å²) in [6.45, 7) is 1.69. The first-order valence-corrected chi connectivity index (χ1v) is 5.20. The van der Waals surface area contributed by atoms with Crippen LogP contribution in [0.4, 0.5) is 0 Å². The number of carbonyl (C=O) groups is 1. The Morgan fingerprint density at radius 3 is 3.06 bits per heavy atom. The summed E-state index contributed by atoms with van der Waals surface area (Å²) in [7, 11) is 0. The Kier molecular flexibility index (Phi) is 2.92. The molecule has 0 aliphatic carbocycles. The van der Waals surface area contributed by atoms with Gasteiger partial charge in [-0.2, -0.15) is 0 Å². The molecule has 4 nitrogen and oxygen atoms in total. The topological polar surface area (TPSA) is 65.1 Å². The van der Waals surface area contributed by atoms with Crippen molar-refractivity contribution in [2.75, 3.05) is 6.61 Å². The molecule has 0 aliphatic rings. The molecule has 16 heavy (non-hydrogen) atoms. The standard InChI is InChI=1S/C12H14N2O2/c1-8(7-15)14-12(16)10-4-2-3-9-5-6-13-11(9)10/h2-6,8,13,15H,7H2,1H3,(H,14,16). The maximum Gasteiger partial charge on any atom is 0.253 e. The highest BCUT2D eigenvalue weighted by atomic mass is 16.3. The number of amides is 1. The maximum absolute atomic E-state index is 11.9. The molecule has 1 aromatic carbocycles. The third-order valence-electron chi connectivity index (χ3n) is 2.48. The molecule has 3 N–H and O–H groups in total. The minimum Gasteiger partial charge on any atom is -0.394 e. The highest BCUT2D eigenvalue weighted by molar-refractivity contribution is 6.05. The summed E-state index contributed by atoms with van der Waals surface area (Å²) >= 11 is 0. The van der Waals surface area contributed by atoms with E-state index in [1.54, 1.807) is 19.2 Å². The van der Waals surface area contributed by atoms with Crippen LogP contribution in [0.2, 0.25) is 0 Å². The maximum atomic E-state index is 11.9. The molecule has 1 aromatic heterocycles. The summed E-state index contributed by atoms with van der Waals surface area (Å²) in [4.78, 5) is 14.9. The highest BCUT2D eigenvalue weighted by Gasteiger charge is 2.12. The van der Waals surface area contributed by atoms with Crippen LogP contribution in [0.1, 0.15) is 17.3 Å². The Morgan fingerprint density at radius 1 is 1.50 bits per heavy atom. The van der Waals surface area contributed by atoms with Crippen molar-refractivity contribution < 1.29 is 9.90 Å². The molecule has 2 aromatic rings. The Labute approximate surface area is 93.3 Å². The minimum absolute atomic E-state index is 0.0631. The second-order valence-corrected chi connectivity index (χ2v) is 3.80. The summed E-state index contributed by atoms with van der Waals surface area (Å²) in [6.07, 6.45) is 1.80. The van der Waals surface area contributed by atoms with Crippen LogP contribution < -0.4 is 5.32 Å². The molecule has 0 saturated heterocycles. The molecule has 0 bridgehead atoms. The lowest BCUT2D eigenvalue weighted by Gasteiger charge is -2.11. The molecular formula is C12H14N2O2. The van der Waals surface area contributed by atoms with Gasteiger partial charge >= 0.3 is 0 Å². The normalized spacial score (nSPS) is 12.6. The molecule has 0 saturated carbocycles. The SMILES string of the molecule is CC(CO)NC(=O)c1cccc2cc[nH]c12. The number of hydrogen-bond donors (Lipinski definition) is 3. The largest absolute Gasteiger partial charge is 0.394 e. The second-order valence-electron chi connectivity index (χ2n) is 3.80. The van der Waals surface area contributed by atoms with Gasteiger partial charge in [-0.1, -0.05) is 12.1 Å². The number of aromatic amines is 1. The third kappa shape index (κ3) is 1.92. The minimum atomic E-state index is -0.238. The van der Waals surface area contributed by atoms with Gasteiger partial charge in [-0.3, -0.25) is 4.79 Å². The molecule has 1 atom stereocenters.